The molecule has 0 radical (unpaired) electrons. The van der Waals surface area contributed by atoms with Crippen molar-refractivity contribution in [1.29, 1.82) is 0 Å². The number of carboxylic acids is 1. The van der Waals surface area contributed by atoms with E-state index in [1.807, 2.05) is 24.3 Å². The van der Waals surface area contributed by atoms with Crippen molar-refractivity contribution in [2.45, 2.75) is 51.0 Å². The lowest BCUT2D eigenvalue weighted by Crippen LogP contribution is -2.37. The molecule has 0 fully saturated rings. The summed E-state index contributed by atoms with van der Waals surface area (Å²) in [5, 5.41) is 11.6. The standard InChI is InChI=1S/C32H33NO3/c1-23(28-13-7-10-25-9-2-3-12-29(25)28)8-6-11-27-22-33(30-14-4-5-15-31(30)36-27)26-19-16-24(17-20-26)18-21-32(34)35/h2-5,7,9-10,12-17,19-20,23,27H,6,8,11,18,21-22H2,1H3,(H,34,35)/t23-,27?/m0/s1. The van der Waals surface area contributed by atoms with Crippen LogP contribution in [0.3, 0.4) is 0 Å². The van der Waals surface area contributed by atoms with E-state index in [0.29, 0.717) is 12.3 Å². The monoisotopic (exact) mass is 479 g/mol. The molecular weight excluding hydrogens is 446 g/mol. The van der Waals surface area contributed by atoms with Gasteiger partial charge in [0.05, 0.1) is 12.2 Å². The Labute approximate surface area is 213 Å². The van der Waals surface area contributed by atoms with Crippen LogP contribution in [0.5, 0.6) is 5.75 Å². The summed E-state index contributed by atoms with van der Waals surface area (Å²) in [6, 6.07) is 31.8. The molecule has 4 nitrogen and oxygen atoms in total. The number of anilines is 2. The fourth-order valence-electron chi connectivity index (χ4n) is 5.27. The molecular formula is C32H33NO3. The molecule has 1 heterocycles. The van der Waals surface area contributed by atoms with E-state index in [2.05, 4.69) is 78.6 Å². The van der Waals surface area contributed by atoms with Gasteiger partial charge in [0.15, 0.2) is 0 Å². The van der Waals surface area contributed by atoms with Crippen LogP contribution in [0.25, 0.3) is 10.8 Å². The fraction of sp³-hybridized carbons (Fsp3) is 0.281. The molecule has 4 aromatic carbocycles. The van der Waals surface area contributed by atoms with E-state index >= 15 is 0 Å². The molecule has 4 heteroatoms. The highest BCUT2D eigenvalue weighted by molar-refractivity contribution is 5.86. The van der Waals surface area contributed by atoms with E-state index in [0.717, 1.165) is 48.5 Å². The largest absolute Gasteiger partial charge is 0.486 e. The third kappa shape index (κ3) is 5.38. The second-order valence-electron chi connectivity index (χ2n) is 9.78. The first kappa shape index (κ1) is 23.9. The Balaban J connectivity index is 1.26. The van der Waals surface area contributed by atoms with E-state index in [9.17, 15) is 4.79 Å². The van der Waals surface area contributed by atoms with Crippen LogP contribution in [0, 0.1) is 0 Å². The summed E-state index contributed by atoms with van der Waals surface area (Å²) in [6.07, 6.45) is 4.03. The molecule has 0 aromatic heterocycles. The predicted molar refractivity (Wildman–Crippen MR) is 146 cm³/mol. The van der Waals surface area contributed by atoms with Crippen molar-refractivity contribution >= 4 is 28.1 Å². The van der Waals surface area contributed by atoms with Crippen molar-refractivity contribution in [3.63, 3.8) is 0 Å². The molecule has 2 atom stereocenters. The second-order valence-corrected chi connectivity index (χ2v) is 9.78. The molecule has 0 saturated carbocycles. The summed E-state index contributed by atoms with van der Waals surface area (Å²) in [6.45, 7) is 3.13. The van der Waals surface area contributed by atoms with Crippen LogP contribution in [-0.2, 0) is 11.2 Å². The number of hydrogen-bond donors (Lipinski definition) is 1. The van der Waals surface area contributed by atoms with Crippen LogP contribution in [0.4, 0.5) is 11.4 Å². The number of benzene rings is 4. The zero-order valence-corrected chi connectivity index (χ0v) is 20.8. The van der Waals surface area contributed by atoms with Crippen molar-refractivity contribution in [2.24, 2.45) is 0 Å². The Morgan fingerprint density at radius 3 is 2.56 bits per heavy atom. The lowest BCUT2D eigenvalue weighted by atomic mass is 9.90. The van der Waals surface area contributed by atoms with Gasteiger partial charge in [0, 0.05) is 12.1 Å². The molecule has 1 N–H and O–H groups in total. The van der Waals surface area contributed by atoms with Crippen LogP contribution >= 0.6 is 0 Å². The van der Waals surface area contributed by atoms with Crippen LogP contribution in [-0.4, -0.2) is 23.7 Å². The molecule has 0 saturated heterocycles. The first-order valence-electron chi connectivity index (χ1n) is 12.9. The second kappa shape index (κ2) is 10.9. The van der Waals surface area contributed by atoms with Crippen molar-refractivity contribution in [3.05, 3.63) is 102 Å². The molecule has 0 spiro atoms. The van der Waals surface area contributed by atoms with E-state index < -0.39 is 5.97 Å². The number of aliphatic carboxylic acids is 1. The Kier molecular flexibility index (Phi) is 7.22. The molecule has 4 aromatic rings. The van der Waals surface area contributed by atoms with Crippen molar-refractivity contribution < 1.29 is 14.6 Å². The van der Waals surface area contributed by atoms with Gasteiger partial charge in [-0.05, 0) is 77.8 Å². The molecule has 0 amide bonds. The third-order valence-electron chi connectivity index (χ3n) is 7.23. The summed E-state index contributed by atoms with van der Waals surface area (Å²) < 4.78 is 6.42. The molecule has 1 aliphatic heterocycles. The van der Waals surface area contributed by atoms with Gasteiger partial charge in [-0.3, -0.25) is 4.79 Å². The minimum atomic E-state index is -0.765. The summed E-state index contributed by atoms with van der Waals surface area (Å²) in [7, 11) is 0. The lowest BCUT2D eigenvalue weighted by Gasteiger charge is -2.36. The van der Waals surface area contributed by atoms with Crippen molar-refractivity contribution in [3.8, 4) is 5.75 Å². The summed E-state index contributed by atoms with van der Waals surface area (Å²) >= 11 is 0. The number of carboxylic acid groups (broad SMARTS) is 1. The number of fused-ring (bicyclic) bond motifs is 2. The number of hydrogen-bond acceptors (Lipinski definition) is 3. The smallest absolute Gasteiger partial charge is 0.303 e. The quantitative estimate of drug-likeness (QED) is 0.267. The number of ether oxygens (including phenoxy) is 1. The highest BCUT2D eigenvalue weighted by Gasteiger charge is 2.26. The highest BCUT2D eigenvalue weighted by Crippen LogP contribution is 2.39. The van der Waals surface area contributed by atoms with E-state index in [-0.39, 0.29) is 12.5 Å². The van der Waals surface area contributed by atoms with Gasteiger partial charge in [0.25, 0.3) is 0 Å². The number of aryl methyl sites for hydroxylation is 1. The summed E-state index contributed by atoms with van der Waals surface area (Å²) in [4.78, 5) is 13.2. The highest BCUT2D eigenvalue weighted by atomic mass is 16.5. The first-order valence-corrected chi connectivity index (χ1v) is 12.9. The van der Waals surface area contributed by atoms with Gasteiger partial charge in [0.2, 0.25) is 0 Å². The number of nitrogens with zero attached hydrogens (tertiary/aromatic N) is 1. The lowest BCUT2D eigenvalue weighted by molar-refractivity contribution is -0.136. The van der Waals surface area contributed by atoms with Crippen LogP contribution in [0.15, 0.2) is 91.0 Å². The molecule has 0 aliphatic carbocycles. The minimum absolute atomic E-state index is 0.117. The van der Waals surface area contributed by atoms with Gasteiger partial charge in [-0.25, -0.2) is 0 Å². The molecule has 1 aliphatic rings. The Bertz CT molecular complexity index is 1330. The minimum Gasteiger partial charge on any atom is -0.486 e. The third-order valence-corrected chi connectivity index (χ3v) is 7.23. The normalized spacial score (nSPS) is 15.8. The molecule has 184 valence electrons. The molecule has 36 heavy (non-hydrogen) atoms. The molecule has 0 bridgehead atoms. The van der Waals surface area contributed by atoms with Crippen molar-refractivity contribution in [2.75, 3.05) is 11.4 Å². The van der Waals surface area contributed by atoms with Gasteiger partial charge in [0.1, 0.15) is 11.9 Å². The average Bonchev–Trinajstić information content (AvgIpc) is 2.91. The van der Waals surface area contributed by atoms with Gasteiger partial charge < -0.3 is 14.7 Å². The maximum absolute atomic E-state index is 10.9. The zero-order chi connectivity index (χ0) is 24.9. The first-order chi connectivity index (χ1) is 17.6. The average molecular weight is 480 g/mol. The van der Waals surface area contributed by atoms with Crippen molar-refractivity contribution in [1.82, 2.24) is 0 Å². The fourth-order valence-corrected chi connectivity index (χ4v) is 5.27. The van der Waals surface area contributed by atoms with Gasteiger partial charge in [-0.1, -0.05) is 73.7 Å². The summed E-state index contributed by atoms with van der Waals surface area (Å²) in [5.41, 5.74) is 4.66. The van der Waals surface area contributed by atoms with E-state index in [1.165, 1.54) is 16.3 Å². The Hall–Kier alpha value is -3.79. The molecule has 5 rings (SSSR count). The SMILES string of the molecule is C[C@@H](CCCC1CN(c2ccc(CCC(=O)O)cc2)c2ccccc2O1)c1cccc2ccccc12. The molecule has 1 unspecified atom stereocenters. The number of para-hydroxylation sites is 2. The van der Waals surface area contributed by atoms with Crippen LogP contribution in [0.1, 0.15) is 49.7 Å². The van der Waals surface area contributed by atoms with Crippen LogP contribution in [0.2, 0.25) is 0 Å². The maximum atomic E-state index is 10.9. The maximum Gasteiger partial charge on any atom is 0.303 e. The Morgan fingerprint density at radius 1 is 0.972 bits per heavy atom. The van der Waals surface area contributed by atoms with E-state index in [4.69, 9.17) is 9.84 Å². The Morgan fingerprint density at radius 2 is 1.72 bits per heavy atom. The van der Waals surface area contributed by atoms with Gasteiger partial charge in [-0.2, -0.15) is 0 Å². The van der Waals surface area contributed by atoms with Gasteiger partial charge >= 0.3 is 5.97 Å². The van der Waals surface area contributed by atoms with Crippen LogP contribution < -0.4 is 9.64 Å². The number of carbonyl (C=O) groups is 1. The number of rotatable bonds is 9. The van der Waals surface area contributed by atoms with E-state index in [1.54, 1.807) is 0 Å². The zero-order valence-electron chi connectivity index (χ0n) is 20.8. The van der Waals surface area contributed by atoms with Gasteiger partial charge in [-0.15, -0.1) is 0 Å². The predicted octanol–water partition coefficient (Wildman–Crippen LogP) is 7.73. The summed E-state index contributed by atoms with van der Waals surface area (Å²) in [5.74, 6) is 0.644. The topological polar surface area (TPSA) is 49.8 Å².